The maximum Gasteiger partial charge on any atom is 0.308 e. The fraction of sp³-hybridized carbons (Fsp3) is 0.231. The van der Waals surface area contributed by atoms with Crippen molar-refractivity contribution in [1.29, 1.82) is 0 Å². The van der Waals surface area contributed by atoms with Crippen LogP contribution in [0.3, 0.4) is 0 Å². The summed E-state index contributed by atoms with van der Waals surface area (Å²) < 4.78 is 7.08. The van der Waals surface area contributed by atoms with Gasteiger partial charge in [0.15, 0.2) is 0 Å². The minimum atomic E-state index is -0.220. The molecule has 1 aromatic rings. The van der Waals surface area contributed by atoms with E-state index in [4.69, 9.17) is 4.74 Å². The van der Waals surface area contributed by atoms with Crippen molar-refractivity contribution in [3.8, 4) is 0 Å². The Morgan fingerprint density at radius 1 is 1.29 bits per heavy atom. The second-order valence-electron chi connectivity index (χ2n) is 3.60. The summed E-state index contributed by atoms with van der Waals surface area (Å²) >= 11 is 0. The lowest BCUT2D eigenvalue weighted by Crippen LogP contribution is -2.07. The smallest absolute Gasteiger partial charge is 0.308 e. The lowest BCUT2D eigenvalue weighted by Gasteiger charge is -2.05. The monoisotopic (exact) mass is 230 g/mol. The van der Waals surface area contributed by atoms with Crippen LogP contribution in [0.5, 0.6) is 0 Å². The molecule has 2 rings (SSSR count). The molecule has 0 atom stereocenters. The zero-order valence-electron chi connectivity index (χ0n) is 9.45. The van der Waals surface area contributed by atoms with Crippen LogP contribution < -0.4 is 0 Å². The second kappa shape index (κ2) is 5.84. The highest BCUT2D eigenvalue weighted by molar-refractivity contribution is 5.73. The molecule has 4 heteroatoms. The van der Waals surface area contributed by atoms with Gasteiger partial charge >= 0.3 is 5.97 Å². The average Bonchev–Trinajstić information content (AvgIpc) is 2.76. The molecule has 1 aromatic heterocycles. The van der Waals surface area contributed by atoms with E-state index in [1.807, 2.05) is 47.3 Å². The van der Waals surface area contributed by atoms with E-state index in [-0.39, 0.29) is 5.97 Å². The fourth-order valence-electron chi connectivity index (χ4n) is 1.47. The van der Waals surface area contributed by atoms with Crippen molar-refractivity contribution >= 4 is 18.4 Å². The molecule has 1 aliphatic rings. The number of hydrogen-bond donors (Lipinski definition) is 0. The van der Waals surface area contributed by atoms with Gasteiger partial charge in [0.2, 0.25) is 0 Å². The summed E-state index contributed by atoms with van der Waals surface area (Å²) in [4.78, 5) is 15.4. The molecule has 1 aliphatic heterocycles. The van der Waals surface area contributed by atoms with Crippen LogP contribution in [0.15, 0.2) is 41.6 Å². The first-order chi connectivity index (χ1) is 8.36. The van der Waals surface area contributed by atoms with E-state index in [0.29, 0.717) is 19.6 Å². The van der Waals surface area contributed by atoms with Crippen molar-refractivity contribution in [2.24, 2.45) is 4.99 Å². The molecule has 0 radical (unpaired) electrons. The number of carbonyl (C=O) groups is 1. The van der Waals surface area contributed by atoms with Gasteiger partial charge in [0.1, 0.15) is 6.61 Å². The Hall–Kier alpha value is -2.10. The van der Waals surface area contributed by atoms with E-state index < -0.39 is 0 Å². The first-order valence-corrected chi connectivity index (χ1v) is 5.51. The fourth-order valence-corrected chi connectivity index (χ4v) is 1.47. The molecule has 0 amide bonds. The van der Waals surface area contributed by atoms with Gasteiger partial charge in [0, 0.05) is 25.2 Å². The number of esters is 1. The van der Waals surface area contributed by atoms with Crippen LogP contribution in [0.1, 0.15) is 12.1 Å². The minimum absolute atomic E-state index is 0.220. The van der Waals surface area contributed by atoms with E-state index in [0.717, 1.165) is 5.69 Å². The van der Waals surface area contributed by atoms with Crippen molar-refractivity contribution in [3.05, 3.63) is 42.3 Å². The van der Waals surface area contributed by atoms with Crippen LogP contribution in [0.4, 0.5) is 0 Å². The first kappa shape index (κ1) is 11.4. The minimum Gasteiger partial charge on any atom is -0.459 e. The molecular weight excluding hydrogens is 216 g/mol. The zero-order valence-corrected chi connectivity index (χ0v) is 9.45. The summed E-state index contributed by atoms with van der Waals surface area (Å²) in [5.41, 5.74) is 0.947. The molecule has 17 heavy (non-hydrogen) atoms. The Balaban J connectivity index is 2.17. The number of hydrogen-bond acceptors (Lipinski definition) is 3. The van der Waals surface area contributed by atoms with E-state index >= 15 is 0 Å². The number of allylic oxidation sites excluding steroid dienone is 3. The molecule has 0 unspecified atom stereocenters. The van der Waals surface area contributed by atoms with Gasteiger partial charge in [0.05, 0.1) is 12.1 Å². The van der Waals surface area contributed by atoms with Gasteiger partial charge in [-0.1, -0.05) is 6.08 Å². The molecular formula is C13H14N2O2. The average molecular weight is 230 g/mol. The highest BCUT2D eigenvalue weighted by atomic mass is 16.5. The lowest BCUT2D eigenvalue weighted by atomic mass is 10.4. The highest BCUT2D eigenvalue weighted by Gasteiger charge is 2.04. The summed E-state index contributed by atoms with van der Waals surface area (Å²) in [6, 6.07) is 3.85. The molecule has 0 spiro atoms. The molecule has 88 valence electrons. The van der Waals surface area contributed by atoms with Gasteiger partial charge < -0.3 is 9.30 Å². The first-order valence-electron chi connectivity index (χ1n) is 5.51. The second-order valence-corrected chi connectivity index (χ2v) is 3.60. The summed E-state index contributed by atoms with van der Waals surface area (Å²) in [6.07, 6.45) is 11.5. The Morgan fingerprint density at radius 2 is 2.24 bits per heavy atom. The number of fused-ring (bicyclic) bond motifs is 1. The van der Waals surface area contributed by atoms with Gasteiger partial charge in [0.25, 0.3) is 0 Å². The molecule has 0 aromatic carbocycles. The van der Waals surface area contributed by atoms with Gasteiger partial charge in [-0.3, -0.25) is 9.79 Å². The van der Waals surface area contributed by atoms with E-state index in [9.17, 15) is 4.79 Å². The maximum atomic E-state index is 11.4. The zero-order chi connectivity index (χ0) is 11.9. The van der Waals surface area contributed by atoms with Gasteiger partial charge in [-0.05, 0) is 24.3 Å². The largest absolute Gasteiger partial charge is 0.459 e. The number of carbonyl (C=O) groups excluding carboxylic acids is 1. The summed E-state index contributed by atoms with van der Waals surface area (Å²) in [7, 11) is 0. The van der Waals surface area contributed by atoms with Crippen molar-refractivity contribution < 1.29 is 9.53 Å². The highest BCUT2D eigenvalue weighted by Crippen LogP contribution is 2.06. The topological polar surface area (TPSA) is 43.6 Å². The molecule has 4 nitrogen and oxygen atoms in total. The van der Waals surface area contributed by atoms with Crippen LogP contribution >= 0.6 is 0 Å². The Kier molecular flexibility index (Phi) is 3.91. The molecule has 0 aliphatic carbocycles. The van der Waals surface area contributed by atoms with Crippen LogP contribution in [0, 0.1) is 0 Å². The number of aliphatic imine (C=N–C) groups is 1. The molecule has 0 saturated heterocycles. The third-order valence-electron chi connectivity index (χ3n) is 2.35. The maximum absolute atomic E-state index is 11.4. The normalized spacial score (nSPS) is 20.4. The number of aromatic nitrogens is 1. The van der Waals surface area contributed by atoms with Crippen molar-refractivity contribution in [3.63, 3.8) is 0 Å². The van der Waals surface area contributed by atoms with Gasteiger partial charge in [-0.25, -0.2) is 0 Å². The van der Waals surface area contributed by atoms with Crippen LogP contribution in [0.25, 0.3) is 6.20 Å². The Labute approximate surface area is 99.9 Å². The summed E-state index contributed by atoms with van der Waals surface area (Å²) in [6.45, 7) is 0.761. The predicted octanol–water partition coefficient (Wildman–Crippen LogP) is 2.03. The van der Waals surface area contributed by atoms with E-state index in [1.54, 1.807) is 6.21 Å². The molecule has 0 fully saturated rings. The van der Waals surface area contributed by atoms with Crippen molar-refractivity contribution in [2.75, 3.05) is 6.54 Å². The van der Waals surface area contributed by atoms with Crippen molar-refractivity contribution in [1.82, 2.24) is 4.57 Å². The number of nitrogens with zero attached hydrogens (tertiary/aromatic N) is 2. The number of ether oxygens (including phenoxy) is 1. The summed E-state index contributed by atoms with van der Waals surface area (Å²) in [5, 5.41) is 0. The standard InChI is InChI=1S/C13H14N2O2/c16-13-6-8-14-7-2-1-3-9-15-10-4-5-12(15)11-17-13/h1-5,7,9-10H,6,8,11H2/b2-1-,9-3-,14-7?. The molecule has 2 heterocycles. The number of cyclic esters (lactones) is 1. The van der Waals surface area contributed by atoms with Crippen LogP contribution in [-0.2, 0) is 16.1 Å². The SMILES string of the molecule is O=C1CCN=C/C=C\C=C/n2cccc2CO1. The Bertz CT molecular complexity index is 470. The van der Waals surface area contributed by atoms with E-state index in [1.165, 1.54) is 0 Å². The molecule has 0 saturated carbocycles. The third kappa shape index (κ3) is 3.45. The predicted molar refractivity (Wildman–Crippen MR) is 66.7 cm³/mol. The lowest BCUT2D eigenvalue weighted by molar-refractivity contribution is -0.144. The van der Waals surface area contributed by atoms with Gasteiger partial charge in [-0.2, -0.15) is 0 Å². The van der Waals surface area contributed by atoms with Crippen molar-refractivity contribution in [2.45, 2.75) is 13.0 Å². The third-order valence-corrected chi connectivity index (χ3v) is 2.35. The molecule has 0 bridgehead atoms. The molecule has 0 N–H and O–H groups in total. The Morgan fingerprint density at radius 3 is 3.18 bits per heavy atom. The number of rotatable bonds is 0. The summed E-state index contributed by atoms with van der Waals surface area (Å²) in [5.74, 6) is -0.220. The quantitative estimate of drug-likeness (QED) is 0.640. The van der Waals surface area contributed by atoms with Crippen LogP contribution in [-0.4, -0.2) is 23.3 Å². The van der Waals surface area contributed by atoms with Crippen LogP contribution in [0.2, 0.25) is 0 Å². The van der Waals surface area contributed by atoms with E-state index in [2.05, 4.69) is 4.99 Å². The van der Waals surface area contributed by atoms with Gasteiger partial charge in [-0.15, -0.1) is 0 Å².